The summed E-state index contributed by atoms with van der Waals surface area (Å²) in [7, 11) is 1.65. The van der Waals surface area contributed by atoms with Gasteiger partial charge in [0, 0.05) is 30.1 Å². The number of nitro benzene ring substituents is 1. The van der Waals surface area contributed by atoms with Gasteiger partial charge in [0.1, 0.15) is 11.5 Å². The van der Waals surface area contributed by atoms with Gasteiger partial charge in [-0.15, -0.1) is 10.2 Å². The zero-order valence-electron chi connectivity index (χ0n) is 18.4. The lowest BCUT2D eigenvalue weighted by Gasteiger charge is -2.15. The smallest absolute Gasteiger partial charge is 0.269 e. The maximum absolute atomic E-state index is 10.7. The van der Waals surface area contributed by atoms with Crippen molar-refractivity contribution in [1.82, 2.24) is 14.8 Å². The Hall–Kier alpha value is -3.11. The molecule has 1 unspecified atom stereocenters. The molecular weight excluding hydrogens is 444 g/mol. The summed E-state index contributed by atoms with van der Waals surface area (Å²) < 4.78 is 19.0. The molecule has 0 bridgehead atoms. The van der Waals surface area contributed by atoms with E-state index >= 15 is 0 Å². The van der Waals surface area contributed by atoms with Gasteiger partial charge in [0.15, 0.2) is 11.0 Å². The average molecular weight is 471 g/mol. The van der Waals surface area contributed by atoms with Crippen molar-refractivity contribution in [3.05, 3.63) is 58.6 Å². The minimum Gasteiger partial charge on any atom is -0.497 e. The second kappa shape index (κ2) is 11.2. The lowest BCUT2D eigenvalue weighted by atomic mass is 10.2. The van der Waals surface area contributed by atoms with Crippen LogP contribution in [0.3, 0.4) is 0 Å². The molecule has 0 amide bonds. The number of rotatable bonds is 11. The standard InChI is InChI=1S/C23H26N4O5S/c1-30-19-9-5-17(6-10-19)22-24-25-23(26(22)16-21-4-2-13-32-21)33-15-3-14-31-20-11-7-18(8-12-20)27(28)29/h5-12,21H,2-4,13-16H2,1H3. The van der Waals surface area contributed by atoms with Crippen LogP contribution >= 0.6 is 11.8 Å². The first kappa shape index (κ1) is 23.1. The molecule has 2 heterocycles. The van der Waals surface area contributed by atoms with Crippen molar-refractivity contribution < 1.29 is 19.1 Å². The van der Waals surface area contributed by atoms with Gasteiger partial charge in [-0.1, -0.05) is 11.8 Å². The molecule has 1 saturated heterocycles. The number of aromatic nitrogens is 3. The predicted octanol–water partition coefficient (Wildman–Crippen LogP) is 4.60. The van der Waals surface area contributed by atoms with E-state index in [4.69, 9.17) is 14.2 Å². The number of ether oxygens (including phenoxy) is 3. The van der Waals surface area contributed by atoms with Gasteiger partial charge in [0.2, 0.25) is 0 Å². The van der Waals surface area contributed by atoms with Crippen LogP contribution in [0.15, 0.2) is 53.7 Å². The summed E-state index contributed by atoms with van der Waals surface area (Å²) in [5.41, 5.74) is 1.03. The minimum absolute atomic E-state index is 0.0520. The number of hydrogen-bond donors (Lipinski definition) is 0. The largest absolute Gasteiger partial charge is 0.497 e. The highest BCUT2D eigenvalue weighted by atomic mass is 32.2. The van der Waals surface area contributed by atoms with Crippen molar-refractivity contribution in [1.29, 1.82) is 0 Å². The topological polar surface area (TPSA) is 102 Å². The van der Waals surface area contributed by atoms with E-state index in [1.807, 2.05) is 24.3 Å². The fourth-order valence-corrected chi connectivity index (χ4v) is 4.44. The average Bonchev–Trinajstić information content (AvgIpc) is 3.50. The zero-order chi connectivity index (χ0) is 23.0. The molecule has 0 radical (unpaired) electrons. The Kier molecular flexibility index (Phi) is 7.79. The van der Waals surface area contributed by atoms with Crippen LogP contribution in [0.1, 0.15) is 19.3 Å². The van der Waals surface area contributed by atoms with Gasteiger partial charge in [-0.3, -0.25) is 14.7 Å². The molecule has 2 aromatic carbocycles. The van der Waals surface area contributed by atoms with E-state index in [9.17, 15) is 10.1 Å². The summed E-state index contributed by atoms with van der Waals surface area (Å²) >= 11 is 1.63. The van der Waals surface area contributed by atoms with Gasteiger partial charge < -0.3 is 14.2 Å². The highest BCUT2D eigenvalue weighted by molar-refractivity contribution is 7.99. The third-order valence-corrected chi connectivity index (χ3v) is 6.36. The number of benzene rings is 2. The van der Waals surface area contributed by atoms with Crippen LogP contribution in [0.5, 0.6) is 11.5 Å². The van der Waals surface area contributed by atoms with Gasteiger partial charge in [0.05, 0.1) is 31.3 Å². The summed E-state index contributed by atoms with van der Waals surface area (Å²) in [5, 5.41) is 20.5. The van der Waals surface area contributed by atoms with Crippen LogP contribution in [-0.4, -0.2) is 51.9 Å². The molecule has 3 aromatic rings. The molecule has 1 aromatic heterocycles. The van der Waals surface area contributed by atoms with Crippen molar-refractivity contribution in [3.63, 3.8) is 0 Å². The first-order valence-electron chi connectivity index (χ1n) is 10.8. The van der Waals surface area contributed by atoms with E-state index in [2.05, 4.69) is 14.8 Å². The molecule has 0 N–H and O–H groups in total. The Morgan fingerprint density at radius 1 is 1.15 bits per heavy atom. The highest BCUT2D eigenvalue weighted by Gasteiger charge is 2.21. The van der Waals surface area contributed by atoms with Crippen LogP contribution in [0, 0.1) is 10.1 Å². The van der Waals surface area contributed by atoms with Crippen molar-refractivity contribution in [3.8, 4) is 22.9 Å². The molecule has 33 heavy (non-hydrogen) atoms. The van der Waals surface area contributed by atoms with Crippen molar-refractivity contribution >= 4 is 17.4 Å². The number of hydrogen-bond acceptors (Lipinski definition) is 8. The molecule has 10 heteroatoms. The summed E-state index contributed by atoms with van der Waals surface area (Å²) in [6.07, 6.45) is 3.08. The number of nitrogens with zero attached hydrogens (tertiary/aromatic N) is 4. The monoisotopic (exact) mass is 470 g/mol. The molecule has 9 nitrogen and oxygen atoms in total. The van der Waals surface area contributed by atoms with Crippen LogP contribution in [0.25, 0.3) is 11.4 Å². The zero-order valence-corrected chi connectivity index (χ0v) is 19.2. The summed E-state index contributed by atoms with van der Waals surface area (Å²) in [6.45, 7) is 2.03. The molecule has 1 fully saturated rings. The van der Waals surface area contributed by atoms with Gasteiger partial charge in [-0.05, 0) is 55.7 Å². The number of nitro groups is 1. The van der Waals surface area contributed by atoms with E-state index in [-0.39, 0.29) is 11.8 Å². The van der Waals surface area contributed by atoms with Crippen LogP contribution in [0.4, 0.5) is 5.69 Å². The number of methoxy groups -OCH3 is 1. The fourth-order valence-electron chi connectivity index (χ4n) is 3.58. The van der Waals surface area contributed by atoms with Gasteiger partial charge in [-0.25, -0.2) is 0 Å². The quantitative estimate of drug-likeness (QED) is 0.173. The van der Waals surface area contributed by atoms with E-state index in [0.717, 1.165) is 60.5 Å². The Morgan fingerprint density at radius 2 is 1.91 bits per heavy atom. The first-order valence-corrected chi connectivity index (χ1v) is 11.8. The molecule has 4 rings (SSSR count). The maximum atomic E-state index is 10.7. The van der Waals surface area contributed by atoms with E-state index in [1.165, 1.54) is 12.1 Å². The predicted molar refractivity (Wildman–Crippen MR) is 125 cm³/mol. The Morgan fingerprint density at radius 3 is 2.58 bits per heavy atom. The molecule has 0 aliphatic carbocycles. The maximum Gasteiger partial charge on any atom is 0.269 e. The Labute approximate surface area is 196 Å². The van der Waals surface area contributed by atoms with E-state index in [0.29, 0.717) is 12.4 Å². The second-order valence-electron chi connectivity index (χ2n) is 7.58. The fraction of sp³-hybridized carbons (Fsp3) is 0.391. The van der Waals surface area contributed by atoms with Crippen LogP contribution < -0.4 is 9.47 Å². The van der Waals surface area contributed by atoms with Crippen molar-refractivity contribution in [2.45, 2.75) is 37.1 Å². The van der Waals surface area contributed by atoms with Gasteiger partial charge in [0.25, 0.3) is 5.69 Å². The third-order valence-electron chi connectivity index (χ3n) is 5.31. The van der Waals surface area contributed by atoms with Crippen molar-refractivity contribution in [2.75, 3.05) is 26.1 Å². The van der Waals surface area contributed by atoms with Gasteiger partial charge in [-0.2, -0.15) is 0 Å². The van der Waals surface area contributed by atoms with Crippen molar-refractivity contribution in [2.24, 2.45) is 0 Å². The lowest BCUT2D eigenvalue weighted by Crippen LogP contribution is -2.16. The summed E-state index contributed by atoms with van der Waals surface area (Å²) in [5.74, 6) is 3.04. The third kappa shape index (κ3) is 6.02. The summed E-state index contributed by atoms with van der Waals surface area (Å²) in [4.78, 5) is 10.3. The summed E-state index contributed by atoms with van der Waals surface area (Å²) in [6, 6.07) is 13.9. The molecule has 1 aliphatic rings. The SMILES string of the molecule is COc1ccc(-c2nnc(SCCCOc3ccc([N+](=O)[O-])cc3)n2CC2CCCO2)cc1. The normalized spacial score (nSPS) is 15.5. The van der Waals surface area contributed by atoms with E-state index in [1.54, 1.807) is 31.0 Å². The molecule has 0 spiro atoms. The first-order chi connectivity index (χ1) is 16.1. The van der Waals surface area contributed by atoms with Crippen LogP contribution in [0.2, 0.25) is 0 Å². The molecule has 1 atom stereocenters. The Balaban J connectivity index is 1.36. The second-order valence-corrected chi connectivity index (χ2v) is 8.64. The Bertz CT molecular complexity index is 1050. The minimum atomic E-state index is -0.423. The van der Waals surface area contributed by atoms with Crippen LogP contribution in [-0.2, 0) is 11.3 Å². The molecule has 0 saturated carbocycles. The number of non-ortho nitro benzene ring substituents is 1. The molecule has 174 valence electrons. The highest BCUT2D eigenvalue weighted by Crippen LogP contribution is 2.28. The number of thioether (sulfide) groups is 1. The molecular formula is C23H26N4O5S. The van der Waals surface area contributed by atoms with E-state index < -0.39 is 4.92 Å². The van der Waals surface area contributed by atoms with Gasteiger partial charge >= 0.3 is 0 Å². The lowest BCUT2D eigenvalue weighted by molar-refractivity contribution is -0.384. The molecule has 1 aliphatic heterocycles.